The van der Waals surface area contributed by atoms with Gasteiger partial charge in [0.05, 0.1) is 0 Å². The number of hydrogen-bond donors (Lipinski definition) is 0. The van der Waals surface area contributed by atoms with Gasteiger partial charge in [-0.15, -0.1) is 0 Å². The average Bonchev–Trinajstić information content (AvgIpc) is 2.14. The van der Waals surface area contributed by atoms with Crippen LogP contribution in [0.2, 0.25) is 0 Å². The Morgan fingerprint density at radius 2 is 2.00 bits per heavy atom. The van der Waals surface area contributed by atoms with Crippen molar-refractivity contribution in [1.29, 1.82) is 0 Å². The maximum Gasteiger partial charge on any atom is -0.00262 e. The third-order valence-corrected chi connectivity index (χ3v) is 1.73. The summed E-state index contributed by atoms with van der Waals surface area (Å²) in [6.07, 6.45) is 8.71. The van der Waals surface area contributed by atoms with Crippen LogP contribution in [0.25, 0.3) is 0 Å². The summed E-state index contributed by atoms with van der Waals surface area (Å²) in [5, 5.41) is 0. The Hall–Kier alpha value is -1.04. The molecule has 0 amide bonds. The molecule has 0 saturated carbocycles. The first-order chi connectivity index (χ1) is 5.93. The van der Waals surface area contributed by atoms with E-state index in [1.807, 2.05) is 6.07 Å². The predicted octanol–water partition coefficient (Wildman–Crippen LogP) is 3.39. The van der Waals surface area contributed by atoms with E-state index >= 15 is 0 Å². The summed E-state index contributed by atoms with van der Waals surface area (Å²) in [5.74, 6) is 0. The van der Waals surface area contributed by atoms with E-state index in [9.17, 15) is 0 Å². The molecular weight excluding hydrogens is 144 g/mol. The molecule has 1 aromatic rings. The van der Waals surface area contributed by atoms with Gasteiger partial charge in [-0.05, 0) is 24.5 Å². The van der Waals surface area contributed by atoms with Crippen LogP contribution in [0.4, 0.5) is 0 Å². The van der Waals surface area contributed by atoms with E-state index in [4.69, 9.17) is 0 Å². The number of hydrogen-bond acceptors (Lipinski definition) is 0. The topological polar surface area (TPSA) is 0 Å². The summed E-state index contributed by atoms with van der Waals surface area (Å²) in [5.41, 5.74) is 1.34. The minimum atomic E-state index is 0.945. The second-order valence-corrected chi connectivity index (χ2v) is 2.86. The Kier molecular flexibility index (Phi) is 4.22. The molecule has 0 spiro atoms. The van der Waals surface area contributed by atoms with Crippen molar-refractivity contribution in [1.82, 2.24) is 0 Å². The van der Waals surface area contributed by atoms with Gasteiger partial charge in [0.25, 0.3) is 0 Å². The Labute approximate surface area is 74.9 Å². The summed E-state index contributed by atoms with van der Waals surface area (Å²) in [6, 6.07) is 10.4. The number of rotatable bonds is 4. The quantitative estimate of drug-likeness (QED) is 0.631. The van der Waals surface area contributed by atoms with Crippen molar-refractivity contribution in [2.24, 2.45) is 0 Å². The van der Waals surface area contributed by atoms with E-state index in [1.165, 1.54) is 12.0 Å². The van der Waals surface area contributed by atoms with Gasteiger partial charge in [-0.25, -0.2) is 0 Å². The van der Waals surface area contributed by atoms with Crippen LogP contribution in [0, 0.1) is 6.08 Å². The maximum atomic E-state index is 3.28. The highest BCUT2D eigenvalue weighted by atomic mass is 13.9. The maximum absolute atomic E-state index is 3.28. The van der Waals surface area contributed by atoms with Crippen molar-refractivity contribution in [3.8, 4) is 0 Å². The molecule has 0 heterocycles. The van der Waals surface area contributed by atoms with Gasteiger partial charge in [-0.2, -0.15) is 0 Å². The molecule has 0 aliphatic heterocycles. The van der Waals surface area contributed by atoms with Gasteiger partial charge in [0, 0.05) is 0 Å². The molecule has 0 atom stereocenters. The lowest BCUT2D eigenvalue weighted by molar-refractivity contribution is 0.949. The van der Waals surface area contributed by atoms with Crippen LogP contribution in [-0.4, -0.2) is 0 Å². The predicted molar refractivity (Wildman–Crippen MR) is 52.9 cm³/mol. The van der Waals surface area contributed by atoms with Gasteiger partial charge in [0.2, 0.25) is 0 Å². The monoisotopic (exact) mass is 159 g/mol. The first-order valence-corrected chi connectivity index (χ1v) is 4.52. The van der Waals surface area contributed by atoms with Crippen molar-refractivity contribution in [2.45, 2.75) is 26.2 Å². The van der Waals surface area contributed by atoms with Crippen LogP contribution in [0.5, 0.6) is 0 Å². The van der Waals surface area contributed by atoms with Crippen LogP contribution in [0.1, 0.15) is 25.3 Å². The third kappa shape index (κ3) is 3.38. The largest absolute Gasteiger partial charge is 0.0807 e. The molecule has 0 N–H and O–H groups in total. The fourth-order valence-electron chi connectivity index (χ4n) is 1.03. The second-order valence-electron chi connectivity index (χ2n) is 2.86. The molecular formula is C12H15. The number of allylic oxidation sites excluding steroid dienone is 2. The number of unbranched alkanes of at least 4 members (excludes halogenated alkanes) is 1. The minimum Gasteiger partial charge on any atom is -0.0807 e. The summed E-state index contributed by atoms with van der Waals surface area (Å²) in [7, 11) is 0. The van der Waals surface area contributed by atoms with Gasteiger partial charge < -0.3 is 0 Å². The van der Waals surface area contributed by atoms with E-state index in [1.54, 1.807) is 0 Å². The molecule has 0 aromatic heterocycles. The molecule has 0 heteroatoms. The number of benzene rings is 1. The first-order valence-electron chi connectivity index (χ1n) is 4.52. The fourth-order valence-corrected chi connectivity index (χ4v) is 1.03. The average molecular weight is 159 g/mol. The normalized spacial score (nSPS) is 10.8. The summed E-state index contributed by atoms with van der Waals surface area (Å²) in [4.78, 5) is 0. The highest BCUT2D eigenvalue weighted by Crippen LogP contribution is 2.00. The highest BCUT2D eigenvalue weighted by molar-refractivity contribution is 5.16. The second kappa shape index (κ2) is 5.59. The molecule has 0 unspecified atom stereocenters. The molecule has 12 heavy (non-hydrogen) atoms. The molecule has 0 fully saturated rings. The molecule has 0 saturated heterocycles. The summed E-state index contributed by atoms with van der Waals surface area (Å²) >= 11 is 0. The highest BCUT2D eigenvalue weighted by Gasteiger charge is 1.84. The lowest BCUT2D eigenvalue weighted by atomic mass is 10.1. The zero-order valence-corrected chi connectivity index (χ0v) is 7.59. The van der Waals surface area contributed by atoms with Crippen molar-refractivity contribution < 1.29 is 0 Å². The van der Waals surface area contributed by atoms with Gasteiger partial charge in [0.1, 0.15) is 0 Å². The fraction of sp³-hybridized carbons (Fsp3) is 0.333. The first kappa shape index (κ1) is 9.05. The molecule has 0 aliphatic carbocycles. The molecule has 0 aliphatic rings. The molecule has 1 aromatic carbocycles. The van der Waals surface area contributed by atoms with Crippen molar-refractivity contribution >= 4 is 0 Å². The lowest BCUT2D eigenvalue weighted by Crippen LogP contribution is -1.78. The Bertz CT molecular complexity index is 221. The molecule has 1 radical (unpaired) electrons. The van der Waals surface area contributed by atoms with Gasteiger partial charge in [-0.1, -0.05) is 49.8 Å². The molecule has 1 rings (SSSR count). The molecule has 0 nitrogen and oxygen atoms in total. The van der Waals surface area contributed by atoms with E-state index < -0.39 is 0 Å². The van der Waals surface area contributed by atoms with Crippen LogP contribution in [0.3, 0.4) is 0 Å². The van der Waals surface area contributed by atoms with Gasteiger partial charge >= 0.3 is 0 Å². The van der Waals surface area contributed by atoms with Gasteiger partial charge in [0.15, 0.2) is 0 Å². The van der Waals surface area contributed by atoms with Crippen LogP contribution in [-0.2, 0) is 6.42 Å². The zero-order valence-electron chi connectivity index (χ0n) is 7.59. The molecule has 63 valence electrons. The van der Waals surface area contributed by atoms with Gasteiger partial charge in [-0.3, -0.25) is 0 Å². The Morgan fingerprint density at radius 3 is 2.67 bits per heavy atom. The van der Waals surface area contributed by atoms with Crippen LogP contribution >= 0.6 is 0 Å². The van der Waals surface area contributed by atoms with E-state index in [-0.39, 0.29) is 0 Å². The van der Waals surface area contributed by atoms with Crippen molar-refractivity contribution in [3.05, 3.63) is 48.0 Å². The summed E-state index contributed by atoms with van der Waals surface area (Å²) < 4.78 is 0. The van der Waals surface area contributed by atoms with E-state index in [2.05, 4.69) is 43.3 Å². The summed E-state index contributed by atoms with van der Waals surface area (Å²) in [6.45, 7) is 2.18. The smallest absolute Gasteiger partial charge is 0.00262 e. The van der Waals surface area contributed by atoms with E-state index in [0.29, 0.717) is 0 Å². The zero-order chi connectivity index (χ0) is 8.65. The Balaban J connectivity index is 2.33. The van der Waals surface area contributed by atoms with E-state index in [0.717, 1.165) is 12.8 Å². The van der Waals surface area contributed by atoms with Crippen molar-refractivity contribution in [2.75, 3.05) is 0 Å². The minimum absolute atomic E-state index is 0.945. The third-order valence-electron chi connectivity index (χ3n) is 1.73. The molecule has 0 bridgehead atoms. The standard InChI is InChI=1S/C12H15/c1-2-3-4-6-9-12-10-7-5-8-11-12/h4-5,7-8,10-11H,2-3,9H2,1H3. The van der Waals surface area contributed by atoms with Crippen LogP contribution < -0.4 is 0 Å². The SMILES string of the molecule is CCCC=[C]Cc1ccccc1. The van der Waals surface area contributed by atoms with Crippen molar-refractivity contribution in [3.63, 3.8) is 0 Å². The van der Waals surface area contributed by atoms with Crippen LogP contribution in [0.15, 0.2) is 36.4 Å². The Morgan fingerprint density at radius 1 is 1.25 bits per heavy atom. The lowest BCUT2D eigenvalue weighted by Gasteiger charge is -1.92.